The molecule has 33 heavy (non-hydrogen) atoms. The third kappa shape index (κ3) is 6.49. The molecule has 0 atom stereocenters. The second-order valence-electron chi connectivity index (χ2n) is 7.06. The van der Waals surface area contributed by atoms with E-state index in [1.807, 2.05) is 60.7 Å². The van der Waals surface area contributed by atoms with Gasteiger partial charge in [0.2, 0.25) is 0 Å². The Labute approximate surface area is 191 Å². The average Bonchev–Trinajstić information content (AvgIpc) is 2.84. The van der Waals surface area contributed by atoms with E-state index in [9.17, 15) is 8.78 Å². The molecule has 0 spiro atoms. The molecule has 0 aliphatic heterocycles. The summed E-state index contributed by atoms with van der Waals surface area (Å²) < 4.78 is 50.1. The smallest absolute Gasteiger partial charge is 0.526 e. The molecule has 0 aliphatic rings. The molecule has 0 saturated carbocycles. The van der Waals surface area contributed by atoms with Crippen molar-refractivity contribution in [1.29, 1.82) is 0 Å². The number of ether oxygens (including phenoxy) is 2. The molecular weight excluding hydrogens is 425 g/mol. The number of hydrogen-bond acceptors (Lipinski definition) is 4. The van der Waals surface area contributed by atoms with Crippen molar-refractivity contribution in [2.24, 2.45) is 0 Å². The van der Waals surface area contributed by atoms with E-state index in [0.29, 0.717) is 0 Å². The zero-order chi connectivity index (χ0) is 22.9. The highest BCUT2D eigenvalue weighted by molar-refractivity contribution is 6.20. The van der Waals surface area contributed by atoms with E-state index in [2.05, 4.69) is 0 Å². The van der Waals surface area contributed by atoms with Crippen molar-refractivity contribution >= 4 is 7.69 Å². The maximum absolute atomic E-state index is 14.3. The lowest BCUT2D eigenvalue weighted by molar-refractivity contribution is 0.289. The molecule has 0 saturated heterocycles. The zero-order valence-electron chi connectivity index (χ0n) is 17.6. The summed E-state index contributed by atoms with van der Waals surface area (Å²) in [6.45, 7) is 0.508. The van der Waals surface area contributed by atoms with E-state index in [-0.39, 0.29) is 36.2 Å². The van der Waals surface area contributed by atoms with Crippen molar-refractivity contribution in [3.63, 3.8) is 0 Å². The summed E-state index contributed by atoms with van der Waals surface area (Å²) >= 11 is 0. The average molecular weight is 445 g/mol. The summed E-state index contributed by atoms with van der Waals surface area (Å²) in [6, 6.07) is 27.3. The van der Waals surface area contributed by atoms with Crippen LogP contribution in [0.4, 0.5) is 8.78 Å². The lowest BCUT2D eigenvalue weighted by Gasteiger charge is -2.11. The summed E-state index contributed by atoms with van der Waals surface area (Å²) in [6.07, 6.45) is 0. The van der Waals surface area contributed by atoms with Crippen LogP contribution in [-0.4, -0.2) is 7.69 Å². The summed E-state index contributed by atoms with van der Waals surface area (Å²) in [4.78, 5) is 0. The van der Waals surface area contributed by atoms with Crippen LogP contribution < -0.4 is 18.8 Å². The van der Waals surface area contributed by atoms with Crippen LogP contribution in [0.3, 0.4) is 0 Å². The Bertz CT molecular complexity index is 1080. The molecule has 0 unspecified atom stereocenters. The molecule has 4 nitrogen and oxygen atoms in total. The van der Waals surface area contributed by atoms with Crippen LogP contribution in [0.2, 0.25) is 0 Å². The van der Waals surface area contributed by atoms with Crippen LogP contribution in [0.15, 0.2) is 97.1 Å². The minimum atomic E-state index is -0.567. The normalized spacial score (nSPS) is 10.4. The molecule has 4 aromatic rings. The van der Waals surface area contributed by atoms with Crippen molar-refractivity contribution < 1.29 is 27.6 Å². The van der Waals surface area contributed by atoms with Crippen LogP contribution in [0.25, 0.3) is 0 Å². The van der Waals surface area contributed by atoms with Gasteiger partial charge in [0.25, 0.3) is 0 Å². The first-order valence-corrected chi connectivity index (χ1v) is 10.2. The maximum Gasteiger partial charge on any atom is 0.658 e. The highest BCUT2D eigenvalue weighted by Gasteiger charge is 2.10. The predicted octanol–water partition coefficient (Wildman–Crippen LogP) is 6.11. The van der Waals surface area contributed by atoms with Gasteiger partial charge < -0.3 is 18.8 Å². The highest BCUT2D eigenvalue weighted by atomic mass is 19.1. The fourth-order valence-electron chi connectivity index (χ4n) is 2.95. The molecule has 165 valence electrons. The second kappa shape index (κ2) is 11.0. The minimum absolute atomic E-state index is 0.111. The molecular formula is C26H20BF2O4. The topological polar surface area (TPSA) is 36.9 Å². The van der Waals surface area contributed by atoms with Gasteiger partial charge >= 0.3 is 7.69 Å². The second-order valence-corrected chi connectivity index (χ2v) is 7.06. The van der Waals surface area contributed by atoms with Gasteiger partial charge in [-0.2, -0.15) is 0 Å². The fourth-order valence-corrected chi connectivity index (χ4v) is 2.95. The van der Waals surface area contributed by atoms with Crippen molar-refractivity contribution in [2.45, 2.75) is 13.2 Å². The molecule has 0 fully saturated rings. The largest absolute Gasteiger partial charge is 0.658 e. The first kappa shape index (κ1) is 22.2. The van der Waals surface area contributed by atoms with Gasteiger partial charge in [-0.25, -0.2) is 8.78 Å². The summed E-state index contributed by atoms with van der Waals surface area (Å²) in [5.74, 6) is -0.489. The standard InChI is InChI=1S/C26H20BF2O4/c28-23-15-21(11-13-25(23)30-17-19-7-3-1-4-8-19)32-27-33-22-12-14-26(24(29)16-22)31-18-20-9-5-2-6-10-20/h1-16H,17-18H2. The van der Waals surface area contributed by atoms with E-state index in [1.54, 1.807) is 12.1 Å². The zero-order valence-corrected chi connectivity index (χ0v) is 17.6. The van der Waals surface area contributed by atoms with Gasteiger partial charge in [0.1, 0.15) is 24.7 Å². The van der Waals surface area contributed by atoms with E-state index in [4.69, 9.17) is 18.8 Å². The van der Waals surface area contributed by atoms with Crippen molar-refractivity contribution in [3.05, 3.63) is 120 Å². The van der Waals surface area contributed by atoms with Gasteiger partial charge in [-0.1, -0.05) is 60.7 Å². The molecule has 1 radical (unpaired) electrons. The summed E-state index contributed by atoms with van der Waals surface area (Å²) in [7, 11) is 0.999. The van der Waals surface area contributed by atoms with Crippen LogP contribution >= 0.6 is 0 Å². The van der Waals surface area contributed by atoms with Crippen molar-refractivity contribution in [3.8, 4) is 23.0 Å². The van der Waals surface area contributed by atoms with Gasteiger partial charge in [0, 0.05) is 12.1 Å². The molecule has 0 bridgehead atoms. The summed E-state index contributed by atoms with van der Waals surface area (Å²) in [5.41, 5.74) is 1.87. The highest BCUT2D eigenvalue weighted by Crippen LogP contribution is 2.25. The minimum Gasteiger partial charge on any atom is -0.526 e. The van der Waals surface area contributed by atoms with E-state index < -0.39 is 11.6 Å². The SMILES string of the molecule is Fc1cc(O[B]Oc2ccc(OCc3ccccc3)c(F)c2)ccc1OCc1ccccc1. The van der Waals surface area contributed by atoms with Gasteiger partial charge in [-0.15, -0.1) is 0 Å². The third-order valence-corrected chi connectivity index (χ3v) is 4.65. The third-order valence-electron chi connectivity index (χ3n) is 4.65. The van der Waals surface area contributed by atoms with Crippen molar-refractivity contribution in [1.82, 2.24) is 0 Å². The molecule has 0 aliphatic carbocycles. The molecule has 0 aromatic heterocycles. The van der Waals surface area contributed by atoms with Gasteiger partial charge in [0.15, 0.2) is 23.1 Å². The lowest BCUT2D eigenvalue weighted by Crippen LogP contribution is -2.11. The molecule has 4 aromatic carbocycles. The van der Waals surface area contributed by atoms with Gasteiger partial charge in [0.05, 0.1) is 0 Å². The Morgan fingerprint density at radius 2 is 0.970 bits per heavy atom. The van der Waals surface area contributed by atoms with E-state index in [1.165, 1.54) is 24.3 Å². The molecule has 0 amide bonds. The lowest BCUT2D eigenvalue weighted by atomic mass is 10.2. The van der Waals surface area contributed by atoms with Crippen LogP contribution in [0, 0.1) is 11.6 Å². The Morgan fingerprint density at radius 1 is 0.545 bits per heavy atom. The quantitative estimate of drug-likeness (QED) is 0.276. The van der Waals surface area contributed by atoms with Crippen LogP contribution in [0.1, 0.15) is 11.1 Å². The first-order valence-electron chi connectivity index (χ1n) is 10.2. The first-order chi connectivity index (χ1) is 16.2. The fraction of sp³-hybridized carbons (Fsp3) is 0.0769. The summed E-state index contributed by atoms with van der Waals surface area (Å²) in [5, 5.41) is 0. The number of benzene rings is 4. The Hall–Kier alpha value is -4.00. The maximum atomic E-state index is 14.3. The molecule has 7 heteroatoms. The Balaban J connectivity index is 1.25. The van der Waals surface area contributed by atoms with Gasteiger partial charge in [-0.05, 0) is 35.4 Å². The molecule has 0 heterocycles. The molecule has 0 N–H and O–H groups in total. The van der Waals surface area contributed by atoms with E-state index >= 15 is 0 Å². The predicted molar refractivity (Wildman–Crippen MR) is 121 cm³/mol. The number of hydrogen-bond donors (Lipinski definition) is 0. The number of rotatable bonds is 10. The van der Waals surface area contributed by atoms with Crippen molar-refractivity contribution in [2.75, 3.05) is 0 Å². The van der Waals surface area contributed by atoms with Gasteiger partial charge in [-0.3, -0.25) is 0 Å². The monoisotopic (exact) mass is 445 g/mol. The van der Waals surface area contributed by atoms with Crippen LogP contribution in [-0.2, 0) is 13.2 Å². The van der Waals surface area contributed by atoms with E-state index in [0.717, 1.165) is 18.8 Å². The Morgan fingerprint density at radius 3 is 1.36 bits per heavy atom. The number of halogens is 2. The van der Waals surface area contributed by atoms with Crippen LogP contribution in [0.5, 0.6) is 23.0 Å². The molecule has 4 rings (SSSR count). The Kier molecular flexibility index (Phi) is 7.43.